The average molecular weight is 456 g/mol. The van der Waals surface area contributed by atoms with Crippen molar-refractivity contribution in [3.63, 3.8) is 0 Å². The molecule has 3 rings (SSSR count). The van der Waals surface area contributed by atoms with Crippen LogP contribution in [0.2, 0.25) is 0 Å². The number of alkyl halides is 3. The Balaban J connectivity index is 2.40. The number of aryl methyl sites for hydroxylation is 1. The number of ether oxygens (including phenoxy) is 1. The Labute approximate surface area is 192 Å². The largest absolute Gasteiger partial charge is 0.466 e. The molecule has 6 heteroatoms. The van der Waals surface area contributed by atoms with Crippen molar-refractivity contribution >= 4 is 5.97 Å². The molecule has 174 valence electrons. The summed E-state index contributed by atoms with van der Waals surface area (Å²) >= 11 is 0. The summed E-state index contributed by atoms with van der Waals surface area (Å²) in [6, 6.07) is 17.2. The van der Waals surface area contributed by atoms with Crippen LogP contribution in [0.1, 0.15) is 49.9 Å². The van der Waals surface area contributed by atoms with Crippen molar-refractivity contribution in [2.75, 3.05) is 6.61 Å². The second-order valence-corrected chi connectivity index (χ2v) is 8.45. The number of nitrogens with zero attached hydrogens (tertiary/aromatic N) is 1. The molecular weight excluding hydrogens is 427 g/mol. The summed E-state index contributed by atoms with van der Waals surface area (Å²) in [5, 5.41) is 0. The maximum absolute atomic E-state index is 14.6. The second-order valence-electron chi connectivity index (χ2n) is 8.45. The molecule has 0 fully saturated rings. The molecule has 1 unspecified atom stereocenters. The molecular formula is C27H28F3NO2. The van der Waals surface area contributed by atoms with E-state index in [9.17, 15) is 18.0 Å². The summed E-state index contributed by atoms with van der Waals surface area (Å²) in [6.07, 6.45) is -4.45. The fourth-order valence-corrected chi connectivity index (χ4v) is 4.01. The number of rotatable bonds is 7. The highest BCUT2D eigenvalue weighted by atomic mass is 19.4. The van der Waals surface area contributed by atoms with Crippen molar-refractivity contribution in [1.82, 2.24) is 4.98 Å². The first-order valence-electron chi connectivity index (χ1n) is 11.0. The van der Waals surface area contributed by atoms with Gasteiger partial charge in [-0.2, -0.15) is 13.2 Å². The molecule has 0 bridgehead atoms. The molecule has 33 heavy (non-hydrogen) atoms. The zero-order valence-corrected chi connectivity index (χ0v) is 19.2. The van der Waals surface area contributed by atoms with Gasteiger partial charge in [0.25, 0.3) is 0 Å². The van der Waals surface area contributed by atoms with E-state index in [2.05, 4.69) is 4.98 Å². The maximum atomic E-state index is 14.6. The van der Waals surface area contributed by atoms with E-state index in [1.54, 1.807) is 32.0 Å². The van der Waals surface area contributed by atoms with Gasteiger partial charge in [-0.05, 0) is 67.1 Å². The average Bonchev–Trinajstić information content (AvgIpc) is 2.76. The normalized spacial score (nSPS) is 12.6. The predicted molar refractivity (Wildman–Crippen MR) is 124 cm³/mol. The van der Waals surface area contributed by atoms with Crippen LogP contribution < -0.4 is 0 Å². The van der Waals surface area contributed by atoms with Crippen molar-refractivity contribution in [3.8, 4) is 22.4 Å². The quantitative estimate of drug-likeness (QED) is 0.348. The Morgan fingerprint density at radius 3 is 2.27 bits per heavy atom. The van der Waals surface area contributed by atoms with E-state index in [-0.39, 0.29) is 35.8 Å². The van der Waals surface area contributed by atoms with E-state index in [0.29, 0.717) is 11.3 Å². The molecule has 0 saturated heterocycles. The summed E-state index contributed by atoms with van der Waals surface area (Å²) < 4.78 is 49.0. The molecule has 1 atom stereocenters. The molecule has 0 N–H and O–H groups in total. The number of esters is 1. The molecule has 0 amide bonds. The molecule has 3 nitrogen and oxygen atoms in total. The van der Waals surface area contributed by atoms with Gasteiger partial charge in [-0.25, -0.2) is 0 Å². The lowest BCUT2D eigenvalue weighted by molar-refractivity contribution is -0.146. The summed E-state index contributed by atoms with van der Waals surface area (Å²) in [4.78, 5) is 17.3. The number of pyridine rings is 1. The van der Waals surface area contributed by atoms with Crippen LogP contribution in [0.4, 0.5) is 13.2 Å². The standard InChI is InChI=1S/C27H28F3NO2/c1-5-33-26(32)22(14-17(2)3)21-15-20(19-11-7-6-8-12-19)16-23(25(21)27(28,29)30)24-13-9-10-18(4)31-24/h6-13,15-17,22H,5,14H2,1-4H3. The predicted octanol–water partition coefficient (Wildman–Crippen LogP) is 7.44. The second kappa shape index (κ2) is 10.2. The van der Waals surface area contributed by atoms with Crippen molar-refractivity contribution in [2.45, 2.75) is 46.2 Å². The van der Waals surface area contributed by atoms with Gasteiger partial charge in [0.15, 0.2) is 0 Å². The van der Waals surface area contributed by atoms with Gasteiger partial charge in [-0.3, -0.25) is 9.78 Å². The van der Waals surface area contributed by atoms with Crippen LogP contribution in [0.25, 0.3) is 22.4 Å². The van der Waals surface area contributed by atoms with Gasteiger partial charge in [0.1, 0.15) is 0 Å². The lowest BCUT2D eigenvalue weighted by atomic mass is 9.82. The Morgan fingerprint density at radius 1 is 1.00 bits per heavy atom. The smallest absolute Gasteiger partial charge is 0.417 e. The Morgan fingerprint density at radius 2 is 1.70 bits per heavy atom. The number of benzene rings is 2. The van der Waals surface area contributed by atoms with Crippen LogP contribution in [0.3, 0.4) is 0 Å². The van der Waals surface area contributed by atoms with Crippen LogP contribution in [0, 0.1) is 12.8 Å². The number of halogens is 3. The zero-order valence-electron chi connectivity index (χ0n) is 19.2. The lowest BCUT2D eigenvalue weighted by Crippen LogP contribution is -2.23. The number of carbonyl (C=O) groups is 1. The van der Waals surface area contributed by atoms with E-state index in [1.807, 2.05) is 44.2 Å². The van der Waals surface area contributed by atoms with Crippen LogP contribution in [0.15, 0.2) is 60.7 Å². The summed E-state index contributed by atoms with van der Waals surface area (Å²) in [6.45, 7) is 7.24. The van der Waals surface area contributed by atoms with E-state index >= 15 is 0 Å². The Hall–Kier alpha value is -3.15. The van der Waals surface area contributed by atoms with Gasteiger partial charge in [0.2, 0.25) is 0 Å². The summed E-state index contributed by atoms with van der Waals surface area (Å²) in [5.74, 6) is -1.71. The first-order valence-corrected chi connectivity index (χ1v) is 11.0. The van der Waals surface area contributed by atoms with Gasteiger partial charge in [-0.15, -0.1) is 0 Å². The minimum Gasteiger partial charge on any atom is -0.466 e. The Bertz CT molecular complexity index is 1110. The van der Waals surface area contributed by atoms with E-state index in [1.165, 1.54) is 12.1 Å². The number of aromatic nitrogens is 1. The third-order valence-electron chi connectivity index (χ3n) is 5.38. The molecule has 0 aliphatic rings. The fourth-order valence-electron chi connectivity index (χ4n) is 4.01. The van der Waals surface area contributed by atoms with Gasteiger partial charge < -0.3 is 4.74 Å². The van der Waals surface area contributed by atoms with Crippen molar-refractivity contribution in [3.05, 3.63) is 77.5 Å². The first-order chi connectivity index (χ1) is 15.6. The maximum Gasteiger partial charge on any atom is 0.417 e. The van der Waals surface area contributed by atoms with Gasteiger partial charge in [0.05, 0.1) is 23.8 Å². The molecule has 0 radical (unpaired) electrons. The molecule has 1 heterocycles. The molecule has 3 aromatic rings. The molecule has 2 aromatic carbocycles. The molecule has 0 spiro atoms. The van der Waals surface area contributed by atoms with Crippen LogP contribution >= 0.6 is 0 Å². The summed E-state index contributed by atoms with van der Waals surface area (Å²) in [5.41, 5.74) is 1.22. The fraction of sp³-hybridized carbons (Fsp3) is 0.333. The number of hydrogen-bond acceptors (Lipinski definition) is 3. The zero-order chi connectivity index (χ0) is 24.2. The topological polar surface area (TPSA) is 39.2 Å². The highest BCUT2D eigenvalue weighted by Crippen LogP contribution is 2.45. The monoisotopic (exact) mass is 455 g/mol. The minimum atomic E-state index is -4.69. The number of hydrogen-bond donors (Lipinski definition) is 0. The van der Waals surface area contributed by atoms with Gasteiger partial charge in [-0.1, -0.05) is 50.2 Å². The third kappa shape index (κ3) is 5.81. The van der Waals surface area contributed by atoms with Crippen LogP contribution in [0.5, 0.6) is 0 Å². The van der Waals surface area contributed by atoms with Crippen LogP contribution in [-0.2, 0) is 15.7 Å². The van der Waals surface area contributed by atoms with E-state index in [4.69, 9.17) is 4.74 Å². The van der Waals surface area contributed by atoms with E-state index in [0.717, 1.165) is 5.56 Å². The van der Waals surface area contributed by atoms with Crippen LogP contribution in [-0.4, -0.2) is 17.6 Å². The van der Waals surface area contributed by atoms with Crippen molar-refractivity contribution < 1.29 is 22.7 Å². The Kier molecular flexibility index (Phi) is 7.57. The summed E-state index contributed by atoms with van der Waals surface area (Å²) in [7, 11) is 0. The molecule has 1 aromatic heterocycles. The number of carbonyl (C=O) groups excluding carboxylic acids is 1. The van der Waals surface area contributed by atoms with E-state index < -0.39 is 23.6 Å². The highest BCUT2D eigenvalue weighted by Gasteiger charge is 2.41. The lowest BCUT2D eigenvalue weighted by Gasteiger charge is -2.25. The molecule has 0 saturated carbocycles. The van der Waals surface area contributed by atoms with Gasteiger partial charge in [0, 0.05) is 11.3 Å². The molecule has 0 aliphatic carbocycles. The molecule has 0 aliphatic heterocycles. The highest BCUT2D eigenvalue weighted by molar-refractivity contribution is 5.83. The SMILES string of the molecule is CCOC(=O)C(CC(C)C)c1cc(-c2ccccc2)cc(-c2cccc(C)n2)c1C(F)(F)F. The van der Waals surface area contributed by atoms with Crippen molar-refractivity contribution in [2.24, 2.45) is 5.92 Å². The van der Waals surface area contributed by atoms with Crippen molar-refractivity contribution in [1.29, 1.82) is 0 Å². The minimum absolute atomic E-state index is 0.0126. The van der Waals surface area contributed by atoms with Gasteiger partial charge >= 0.3 is 12.1 Å². The first kappa shape index (κ1) is 24.5. The third-order valence-corrected chi connectivity index (χ3v) is 5.38.